The molecule has 140 valence electrons. The Morgan fingerprint density at radius 2 is 2.08 bits per heavy atom. The zero-order chi connectivity index (χ0) is 18.2. The van der Waals surface area contributed by atoms with Gasteiger partial charge >= 0.3 is 0 Å². The van der Waals surface area contributed by atoms with Gasteiger partial charge in [0.15, 0.2) is 17.5 Å². The summed E-state index contributed by atoms with van der Waals surface area (Å²) in [6, 6.07) is 6.04. The number of ether oxygens (including phenoxy) is 3. The third-order valence-corrected chi connectivity index (χ3v) is 4.27. The van der Waals surface area contributed by atoms with Crippen molar-refractivity contribution in [3.63, 3.8) is 0 Å². The largest absolute Gasteiger partial charge is 0.454 e. The van der Waals surface area contributed by atoms with Crippen molar-refractivity contribution in [2.75, 3.05) is 34.0 Å². The van der Waals surface area contributed by atoms with E-state index in [1.54, 1.807) is 7.05 Å². The summed E-state index contributed by atoms with van der Waals surface area (Å²) in [6.45, 7) is 9.06. The van der Waals surface area contributed by atoms with Crippen LogP contribution in [-0.4, -0.2) is 51.0 Å². The summed E-state index contributed by atoms with van der Waals surface area (Å²) in [5.41, 5.74) is 1.16. The Hall–Kier alpha value is -1.95. The van der Waals surface area contributed by atoms with E-state index in [-0.39, 0.29) is 6.10 Å². The predicted octanol–water partition coefficient (Wildman–Crippen LogP) is 2.87. The minimum atomic E-state index is 0.273. The molecular weight excluding hydrogens is 318 g/mol. The van der Waals surface area contributed by atoms with Crippen LogP contribution in [-0.2, 0) is 11.3 Å². The Kier molecular flexibility index (Phi) is 7.37. The first-order valence-corrected chi connectivity index (χ1v) is 8.97. The molecule has 1 atom stereocenters. The lowest BCUT2D eigenvalue weighted by molar-refractivity contribution is 0.0257. The highest BCUT2D eigenvalue weighted by Gasteiger charge is 2.16. The number of hydrogen-bond donors (Lipinski definition) is 1. The molecule has 0 saturated carbocycles. The minimum Gasteiger partial charge on any atom is -0.454 e. The van der Waals surface area contributed by atoms with Gasteiger partial charge in [0.05, 0.1) is 6.10 Å². The summed E-state index contributed by atoms with van der Waals surface area (Å²) in [7, 11) is 3.84. The van der Waals surface area contributed by atoms with Crippen molar-refractivity contribution < 1.29 is 14.2 Å². The summed E-state index contributed by atoms with van der Waals surface area (Å²) in [5.74, 6) is 3.00. The molecule has 1 N–H and O–H groups in total. The third-order valence-electron chi connectivity index (χ3n) is 4.27. The number of nitrogens with one attached hydrogen (secondary N) is 1. The van der Waals surface area contributed by atoms with E-state index in [4.69, 9.17) is 14.2 Å². The average molecular weight is 349 g/mol. The number of aliphatic imine (C=N–C) groups is 1. The molecule has 1 unspecified atom stereocenters. The topological polar surface area (TPSA) is 55.3 Å². The van der Waals surface area contributed by atoms with Crippen molar-refractivity contribution in [3.8, 4) is 11.5 Å². The van der Waals surface area contributed by atoms with Crippen LogP contribution in [0.2, 0.25) is 0 Å². The van der Waals surface area contributed by atoms with Crippen LogP contribution in [0.3, 0.4) is 0 Å². The molecule has 1 heterocycles. The monoisotopic (exact) mass is 349 g/mol. The first kappa shape index (κ1) is 19.4. The minimum absolute atomic E-state index is 0.273. The lowest BCUT2D eigenvalue weighted by Crippen LogP contribution is -2.40. The van der Waals surface area contributed by atoms with Crippen LogP contribution in [0.25, 0.3) is 0 Å². The third kappa shape index (κ3) is 5.53. The van der Waals surface area contributed by atoms with Crippen molar-refractivity contribution in [2.45, 2.75) is 39.8 Å². The highest BCUT2D eigenvalue weighted by atomic mass is 16.7. The summed E-state index contributed by atoms with van der Waals surface area (Å²) in [6.07, 6.45) is 1.23. The van der Waals surface area contributed by atoms with Crippen molar-refractivity contribution >= 4 is 5.96 Å². The quantitative estimate of drug-likeness (QED) is 0.578. The van der Waals surface area contributed by atoms with Crippen LogP contribution < -0.4 is 14.8 Å². The summed E-state index contributed by atoms with van der Waals surface area (Å²) in [4.78, 5) is 6.48. The molecule has 0 bridgehead atoms. The van der Waals surface area contributed by atoms with Gasteiger partial charge in [-0.2, -0.15) is 0 Å². The molecule has 25 heavy (non-hydrogen) atoms. The molecular formula is C19H31N3O3. The first-order chi connectivity index (χ1) is 12.0. The van der Waals surface area contributed by atoms with Gasteiger partial charge in [0.25, 0.3) is 0 Å². The maximum absolute atomic E-state index is 5.80. The molecule has 1 aromatic rings. The highest BCUT2D eigenvalue weighted by molar-refractivity contribution is 5.79. The van der Waals surface area contributed by atoms with Crippen molar-refractivity contribution in [3.05, 3.63) is 23.8 Å². The van der Waals surface area contributed by atoms with Crippen LogP contribution in [0.1, 0.15) is 32.8 Å². The standard InChI is InChI=1S/C19H31N3O3/c1-6-23-16(14(2)3)9-10-21-19(20-4)22(5)12-15-7-8-17-18(11-15)25-13-24-17/h7-8,11,14,16H,6,9-10,12-13H2,1-5H3,(H,20,21). The molecule has 1 aromatic carbocycles. The fourth-order valence-electron chi connectivity index (χ4n) is 2.92. The smallest absolute Gasteiger partial charge is 0.231 e. The fraction of sp³-hybridized carbons (Fsp3) is 0.632. The van der Waals surface area contributed by atoms with Crippen LogP contribution in [0.4, 0.5) is 0 Å². The second kappa shape index (κ2) is 9.51. The van der Waals surface area contributed by atoms with E-state index >= 15 is 0 Å². The van der Waals surface area contributed by atoms with Crippen molar-refractivity contribution in [2.24, 2.45) is 10.9 Å². The molecule has 0 fully saturated rings. The number of rotatable bonds is 8. The molecule has 6 heteroatoms. The average Bonchev–Trinajstić information content (AvgIpc) is 3.05. The van der Waals surface area contributed by atoms with E-state index in [2.05, 4.69) is 35.1 Å². The van der Waals surface area contributed by atoms with Crippen LogP contribution in [0, 0.1) is 5.92 Å². The second-order valence-corrected chi connectivity index (χ2v) is 6.54. The van der Waals surface area contributed by atoms with Crippen LogP contribution in [0.15, 0.2) is 23.2 Å². The lowest BCUT2D eigenvalue weighted by Gasteiger charge is -2.25. The molecule has 0 aromatic heterocycles. The predicted molar refractivity (Wildman–Crippen MR) is 100 cm³/mol. The Labute approximate surface area is 151 Å². The van der Waals surface area contributed by atoms with Gasteiger partial charge in [-0.15, -0.1) is 0 Å². The summed E-state index contributed by atoms with van der Waals surface area (Å²) in [5, 5.41) is 3.43. The maximum Gasteiger partial charge on any atom is 0.231 e. The van der Waals surface area contributed by atoms with Crippen LogP contribution in [0.5, 0.6) is 11.5 Å². The van der Waals surface area contributed by atoms with Gasteiger partial charge in [-0.3, -0.25) is 4.99 Å². The normalized spacial score (nSPS) is 14.7. The van der Waals surface area contributed by atoms with Gasteiger partial charge in [0.1, 0.15) is 0 Å². The number of hydrogen-bond acceptors (Lipinski definition) is 4. The van der Waals surface area contributed by atoms with Gasteiger partial charge in [-0.1, -0.05) is 19.9 Å². The van der Waals surface area contributed by atoms with E-state index in [0.29, 0.717) is 12.7 Å². The lowest BCUT2D eigenvalue weighted by atomic mass is 10.0. The molecule has 2 rings (SSSR count). The van der Waals surface area contributed by atoms with E-state index < -0.39 is 0 Å². The first-order valence-electron chi connectivity index (χ1n) is 8.97. The summed E-state index contributed by atoms with van der Waals surface area (Å²) >= 11 is 0. The Morgan fingerprint density at radius 3 is 2.76 bits per heavy atom. The van der Waals surface area contributed by atoms with Crippen molar-refractivity contribution in [1.29, 1.82) is 0 Å². The Morgan fingerprint density at radius 1 is 1.32 bits per heavy atom. The van der Waals surface area contributed by atoms with E-state index in [1.165, 1.54) is 0 Å². The molecule has 1 aliphatic heterocycles. The van der Waals surface area contributed by atoms with Crippen molar-refractivity contribution in [1.82, 2.24) is 10.2 Å². The van der Waals surface area contributed by atoms with Gasteiger partial charge in [-0.05, 0) is 37.0 Å². The number of nitrogens with zero attached hydrogens (tertiary/aromatic N) is 2. The second-order valence-electron chi connectivity index (χ2n) is 6.54. The molecule has 0 radical (unpaired) electrons. The maximum atomic E-state index is 5.80. The zero-order valence-corrected chi connectivity index (χ0v) is 16.0. The molecule has 0 saturated heterocycles. The van der Waals surface area contributed by atoms with Gasteiger partial charge in [-0.25, -0.2) is 0 Å². The van der Waals surface area contributed by atoms with E-state index in [9.17, 15) is 0 Å². The summed E-state index contributed by atoms with van der Waals surface area (Å²) < 4.78 is 16.6. The SMILES string of the molecule is CCOC(CCNC(=NC)N(C)Cc1ccc2c(c1)OCO2)C(C)C. The van der Waals surface area contributed by atoms with Gasteiger partial charge in [0, 0.05) is 33.8 Å². The van der Waals surface area contributed by atoms with Crippen LogP contribution >= 0.6 is 0 Å². The van der Waals surface area contributed by atoms with E-state index in [0.717, 1.165) is 49.1 Å². The number of benzene rings is 1. The van der Waals surface area contributed by atoms with Gasteiger partial charge < -0.3 is 24.4 Å². The molecule has 0 amide bonds. The molecule has 0 spiro atoms. The highest BCUT2D eigenvalue weighted by Crippen LogP contribution is 2.32. The van der Waals surface area contributed by atoms with E-state index in [1.807, 2.05) is 26.1 Å². The Balaban J connectivity index is 1.85. The molecule has 0 aliphatic carbocycles. The Bertz CT molecular complexity index is 575. The number of fused-ring (bicyclic) bond motifs is 1. The van der Waals surface area contributed by atoms with Gasteiger partial charge in [0.2, 0.25) is 6.79 Å². The zero-order valence-electron chi connectivity index (χ0n) is 16.0. The molecule has 1 aliphatic rings. The molecule has 6 nitrogen and oxygen atoms in total. The number of guanidine groups is 1. The fourth-order valence-corrected chi connectivity index (χ4v) is 2.92.